The minimum Gasteiger partial charge on any atom is -0.355 e. The number of pyridine rings is 1. The molecule has 0 saturated carbocycles. The quantitative estimate of drug-likeness (QED) is 0.309. The van der Waals surface area contributed by atoms with E-state index in [9.17, 15) is 0 Å². The summed E-state index contributed by atoms with van der Waals surface area (Å²) < 4.78 is 2.27. The maximum absolute atomic E-state index is 3.62. The zero-order chi connectivity index (χ0) is 21.5. The molecule has 0 spiro atoms. The summed E-state index contributed by atoms with van der Waals surface area (Å²) in [7, 11) is 0. The molecule has 0 aliphatic carbocycles. The molecule has 1 aliphatic heterocycles. The fourth-order valence-corrected chi connectivity index (χ4v) is 4.34. The van der Waals surface area contributed by atoms with Crippen molar-refractivity contribution >= 4 is 24.3 Å². The predicted octanol–water partition coefficient (Wildman–Crippen LogP) is 1.60. The van der Waals surface area contributed by atoms with E-state index in [0.29, 0.717) is 0 Å². The van der Waals surface area contributed by atoms with Crippen LogP contribution in [0.15, 0.2) is 66.9 Å². The number of nitrogens with zero attached hydrogens (tertiary/aromatic N) is 1. The summed E-state index contributed by atoms with van der Waals surface area (Å²) in [5.41, 5.74) is 6.59. The van der Waals surface area contributed by atoms with Gasteiger partial charge in [-0.25, -0.2) is 0 Å². The van der Waals surface area contributed by atoms with Gasteiger partial charge in [-0.3, -0.25) is 0 Å². The summed E-state index contributed by atoms with van der Waals surface area (Å²) in [5.74, 6) is 0. The normalized spacial score (nSPS) is 12.4. The molecule has 4 N–H and O–H groups in total. The molecule has 5 heteroatoms. The van der Waals surface area contributed by atoms with E-state index < -0.39 is 0 Å². The van der Waals surface area contributed by atoms with E-state index in [4.69, 9.17) is 0 Å². The van der Waals surface area contributed by atoms with E-state index in [0.717, 1.165) is 50.7 Å². The number of H-pyrrole nitrogens is 4. The molecule has 5 aromatic rings. The lowest BCUT2D eigenvalue weighted by atomic mass is 10.1. The van der Waals surface area contributed by atoms with Crippen molar-refractivity contribution in [2.45, 2.75) is 13.5 Å². The molecule has 6 heterocycles. The van der Waals surface area contributed by atoms with Gasteiger partial charge in [0.25, 0.3) is 0 Å². The van der Waals surface area contributed by atoms with Crippen LogP contribution in [0.1, 0.15) is 29.7 Å². The molecule has 0 amide bonds. The van der Waals surface area contributed by atoms with Crippen molar-refractivity contribution in [1.29, 1.82) is 0 Å². The lowest BCUT2D eigenvalue weighted by Crippen LogP contribution is -2.35. The van der Waals surface area contributed by atoms with Crippen LogP contribution >= 0.6 is 0 Å². The van der Waals surface area contributed by atoms with Crippen molar-refractivity contribution in [3.63, 3.8) is 0 Å². The fourth-order valence-electron chi connectivity index (χ4n) is 4.34. The second kappa shape index (κ2) is 7.46. The molecule has 5 aromatic heterocycles. The predicted molar refractivity (Wildman–Crippen MR) is 127 cm³/mol. The maximum Gasteiger partial charge on any atom is 0.214 e. The lowest BCUT2D eigenvalue weighted by Gasteiger charge is -1.99. The first-order chi connectivity index (χ1) is 15.7. The number of nitrogens with one attached hydrogen (secondary N) is 4. The van der Waals surface area contributed by atoms with Crippen LogP contribution in [0, 0.1) is 0 Å². The number of fused-ring (bicyclic) bond motifs is 8. The molecule has 0 fully saturated rings. The van der Waals surface area contributed by atoms with Gasteiger partial charge in [-0.15, -0.1) is 0 Å². The van der Waals surface area contributed by atoms with Gasteiger partial charge in [-0.1, -0.05) is 0 Å². The molecule has 0 unspecified atom stereocenters. The largest absolute Gasteiger partial charge is 0.355 e. The number of rotatable bonds is 2. The van der Waals surface area contributed by atoms with E-state index in [-0.39, 0.29) is 0 Å². The topological polar surface area (TPSA) is 67.0 Å². The molecular formula is C27H24N5+. The summed E-state index contributed by atoms with van der Waals surface area (Å²) in [6.45, 7) is 3.08. The third-order valence-corrected chi connectivity index (χ3v) is 5.85. The molecule has 0 saturated heterocycles. The van der Waals surface area contributed by atoms with Gasteiger partial charge in [0, 0.05) is 51.0 Å². The van der Waals surface area contributed by atoms with Gasteiger partial charge in [-0.2, -0.15) is 4.57 Å². The second-order valence-electron chi connectivity index (χ2n) is 8.11. The molecule has 156 valence electrons. The third-order valence-electron chi connectivity index (χ3n) is 5.85. The van der Waals surface area contributed by atoms with Crippen LogP contribution < -0.4 is 26.0 Å². The Hall–Kier alpha value is -4.25. The molecule has 32 heavy (non-hydrogen) atoms. The molecule has 0 radical (unpaired) electrons. The van der Waals surface area contributed by atoms with Crippen molar-refractivity contribution < 1.29 is 4.57 Å². The summed E-state index contributed by atoms with van der Waals surface area (Å²) in [4.78, 5) is 14.1. The Labute approximate surface area is 184 Å². The first-order valence-corrected chi connectivity index (χ1v) is 10.9. The van der Waals surface area contributed by atoms with Crippen LogP contribution in [0.4, 0.5) is 0 Å². The van der Waals surface area contributed by atoms with Gasteiger partial charge in [0.1, 0.15) is 6.54 Å². The Morgan fingerprint density at radius 1 is 0.625 bits per heavy atom. The van der Waals surface area contributed by atoms with Gasteiger partial charge >= 0.3 is 0 Å². The van der Waals surface area contributed by atoms with Gasteiger partial charge in [0.2, 0.25) is 5.69 Å². The Kier molecular flexibility index (Phi) is 4.32. The van der Waals surface area contributed by atoms with E-state index >= 15 is 0 Å². The van der Waals surface area contributed by atoms with Crippen LogP contribution in [0.25, 0.3) is 35.6 Å². The van der Waals surface area contributed by atoms with Crippen molar-refractivity contribution in [3.8, 4) is 11.3 Å². The second-order valence-corrected chi connectivity index (χ2v) is 8.11. The highest BCUT2D eigenvalue weighted by Gasteiger charge is 2.14. The Bertz CT molecular complexity index is 1670. The van der Waals surface area contributed by atoms with Crippen LogP contribution in [0.3, 0.4) is 0 Å². The van der Waals surface area contributed by atoms with Crippen molar-refractivity contribution in [2.75, 3.05) is 0 Å². The third kappa shape index (κ3) is 3.44. The van der Waals surface area contributed by atoms with E-state index in [2.05, 4.69) is 123 Å². The zero-order valence-electron chi connectivity index (χ0n) is 17.8. The average molecular weight is 419 g/mol. The lowest BCUT2D eigenvalue weighted by molar-refractivity contribution is -0.682. The monoisotopic (exact) mass is 418 g/mol. The Morgan fingerprint density at radius 3 is 1.91 bits per heavy atom. The minimum atomic E-state index is 0.912. The Balaban J connectivity index is 1.64. The minimum absolute atomic E-state index is 0.912. The molecular weight excluding hydrogens is 394 g/mol. The van der Waals surface area contributed by atoms with Gasteiger partial charge in [-0.05, 0) is 79.8 Å². The number of hydrogen-bond donors (Lipinski definition) is 4. The van der Waals surface area contributed by atoms with Gasteiger partial charge in [0.15, 0.2) is 6.20 Å². The SMILES string of the molecule is CC[n+]1ccccc1-c1cc2[nH]c1=Cc1ccc([nH]1)C=c1ccc([nH]1)=Cc1ccc([nH]1)C=2. The molecule has 0 aromatic carbocycles. The van der Waals surface area contributed by atoms with E-state index in [1.807, 2.05) is 0 Å². The molecule has 8 bridgehead atoms. The molecule has 0 atom stereocenters. The fraction of sp³-hybridized carbons (Fsp3) is 0.0741. The summed E-state index contributed by atoms with van der Waals surface area (Å²) in [6, 6.07) is 21.2. The van der Waals surface area contributed by atoms with Crippen molar-refractivity contribution in [3.05, 3.63) is 111 Å². The summed E-state index contributed by atoms with van der Waals surface area (Å²) >= 11 is 0. The zero-order valence-corrected chi connectivity index (χ0v) is 17.8. The average Bonchev–Trinajstić information content (AvgIpc) is 3.59. The first kappa shape index (κ1) is 18.5. The molecule has 1 aliphatic rings. The van der Waals surface area contributed by atoms with Crippen molar-refractivity contribution in [1.82, 2.24) is 19.9 Å². The number of aromatic amines is 4. The highest BCUT2D eigenvalue weighted by Crippen LogP contribution is 2.11. The highest BCUT2D eigenvalue weighted by molar-refractivity contribution is 5.63. The van der Waals surface area contributed by atoms with Crippen LogP contribution in [0.5, 0.6) is 0 Å². The molecule has 6 rings (SSSR count). The summed E-state index contributed by atoms with van der Waals surface area (Å²) in [5, 5.41) is 4.25. The number of hydrogen-bond acceptors (Lipinski definition) is 0. The van der Waals surface area contributed by atoms with Crippen LogP contribution in [-0.2, 0) is 6.54 Å². The van der Waals surface area contributed by atoms with Crippen LogP contribution in [-0.4, -0.2) is 19.9 Å². The van der Waals surface area contributed by atoms with Crippen LogP contribution in [0.2, 0.25) is 0 Å². The number of aryl methyl sites for hydroxylation is 1. The van der Waals surface area contributed by atoms with Gasteiger partial charge in [0.05, 0.1) is 10.9 Å². The highest BCUT2D eigenvalue weighted by atomic mass is 14.9. The smallest absolute Gasteiger partial charge is 0.214 e. The van der Waals surface area contributed by atoms with Crippen molar-refractivity contribution in [2.24, 2.45) is 0 Å². The summed E-state index contributed by atoms with van der Waals surface area (Å²) in [6.07, 6.45) is 10.7. The van der Waals surface area contributed by atoms with Gasteiger partial charge < -0.3 is 19.9 Å². The first-order valence-electron chi connectivity index (χ1n) is 10.9. The molecule has 5 nitrogen and oxygen atoms in total. The Morgan fingerprint density at radius 2 is 1.25 bits per heavy atom. The maximum atomic E-state index is 3.62. The van der Waals surface area contributed by atoms with E-state index in [1.54, 1.807) is 0 Å². The number of aromatic nitrogens is 5. The standard InChI is InChI=1S/C27H23N5/c1-2-32-12-4-3-5-27(32)25-16-24-15-22-9-8-20(29-22)13-18-6-7-19(28-18)14-21-10-11-23(30-21)17-26(25)31-24/h3-17H,2H2,1H3,(H3,28,29,30,31)/p+1. The van der Waals surface area contributed by atoms with E-state index in [1.165, 1.54) is 11.3 Å².